The van der Waals surface area contributed by atoms with Gasteiger partial charge in [0.1, 0.15) is 5.76 Å². The molecule has 0 N–H and O–H groups in total. The van der Waals surface area contributed by atoms with E-state index in [9.17, 15) is 14.4 Å². The van der Waals surface area contributed by atoms with Gasteiger partial charge in [-0.3, -0.25) is 19.3 Å². The summed E-state index contributed by atoms with van der Waals surface area (Å²) in [6.45, 7) is 1.75. The molecule has 0 saturated carbocycles. The number of carbonyl (C=O) groups is 3. The van der Waals surface area contributed by atoms with Gasteiger partial charge in [0, 0.05) is 23.6 Å². The molecule has 2 aliphatic rings. The third-order valence-corrected chi connectivity index (χ3v) is 6.63. The van der Waals surface area contributed by atoms with Crippen LogP contribution in [0.15, 0.2) is 58.5 Å². The van der Waals surface area contributed by atoms with Crippen LogP contribution in [0.1, 0.15) is 54.6 Å². The molecule has 5 rings (SSSR count). The fourth-order valence-corrected chi connectivity index (χ4v) is 4.87. The molecule has 0 aliphatic carbocycles. The average molecular weight is 451 g/mol. The lowest BCUT2D eigenvalue weighted by atomic mass is 10.0. The summed E-state index contributed by atoms with van der Waals surface area (Å²) in [5.74, 6) is -0.453. The largest absolute Gasteiger partial charge is 0.467 e. The van der Waals surface area contributed by atoms with Crippen LogP contribution in [0.25, 0.3) is 0 Å². The van der Waals surface area contributed by atoms with E-state index in [4.69, 9.17) is 9.15 Å². The van der Waals surface area contributed by atoms with Gasteiger partial charge in [-0.15, -0.1) is 11.3 Å². The Labute approximate surface area is 189 Å². The zero-order chi connectivity index (χ0) is 22.1. The molecule has 164 valence electrons. The van der Waals surface area contributed by atoms with Gasteiger partial charge in [-0.1, -0.05) is 6.07 Å². The van der Waals surface area contributed by atoms with Crippen molar-refractivity contribution in [3.63, 3.8) is 0 Å². The van der Waals surface area contributed by atoms with Crippen molar-refractivity contribution in [2.24, 2.45) is 0 Å². The number of benzene rings is 1. The van der Waals surface area contributed by atoms with E-state index in [1.807, 2.05) is 17.5 Å². The highest BCUT2D eigenvalue weighted by atomic mass is 32.1. The molecule has 0 radical (unpaired) electrons. The SMILES string of the molecule is O=C(c1ccc2c(c1)C(=O)N(Cc1ccco1)C2=O)N(Cc1cccs1)CC1CCCO1. The van der Waals surface area contributed by atoms with Gasteiger partial charge < -0.3 is 14.1 Å². The zero-order valence-electron chi connectivity index (χ0n) is 17.4. The third-order valence-electron chi connectivity index (χ3n) is 5.77. The topological polar surface area (TPSA) is 80.1 Å². The number of hydrogen-bond donors (Lipinski definition) is 0. The highest BCUT2D eigenvalue weighted by Gasteiger charge is 2.37. The van der Waals surface area contributed by atoms with E-state index in [0.717, 1.165) is 22.6 Å². The molecular formula is C24H22N2O5S. The van der Waals surface area contributed by atoms with Crippen LogP contribution in [-0.2, 0) is 17.8 Å². The molecule has 1 fully saturated rings. The van der Waals surface area contributed by atoms with E-state index < -0.39 is 5.91 Å². The number of fused-ring (bicyclic) bond motifs is 1. The molecule has 0 spiro atoms. The number of imide groups is 1. The Balaban J connectivity index is 1.39. The zero-order valence-corrected chi connectivity index (χ0v) is 18.2. The fourth-order valence-electron chi connectivity index (χ4n) is 4.15. The van der Waals surface area contributed by atoms with Gasteiger partial charge in [0.05, 0.1) is 36.6 Å². The minimum Gasteiger partial charge on any atom is -0.467 e. The second-order valence-corrected chi connectivity index (χ2v) is 8.97. The number of furan rings is 1. The maximum absolute atomic E-state index is 13.4. The van der Waals surface area contributed by atoms with Crippen molar-refractivity contribution in [1.82, 2.24) is 9.80 Å². The minimum absolute atomic E-state index is 0.0142. The number of rotatable bonds is 7. The Morgan fingerprint density at radius 2 is 2.00 bits per heavy atom. The van der Waals surface area contributed by atoms with E-state index in [2.05, 4.69) is 0 Å². The van der Waals surface area contributed by atoms with E-state index in [1.165, 1.54) is 12.3 Å². The van der Waals surface area contributed by atoms with Crippen LogP contribution < -0.4 is 0 Å². The Morgan fingerprint density at radius 1 is 1.12 bits per heavy atom. The molecule has 7 nitrogen and oxygen atoms in total. The monoisotopic (exact) mass is 450 g/mol. The normalized spacial score (nSPS) is 17.8. The summed E-state index contributed by atoms with van der Waals surface area (Å²) < 4.78 is 11.0. The summed E-state index contributed by atoms with van der Waals surface area (Å²) in [5, 5.41) is 1.98. The smallest absolute Gasteiger partial charge is 0.261 e. The van der Waals surface area contributed by atoms with Gasteiger partial charge in [0.15, 0.2) is 0 Å². The van der Waals surface area contributed by atoms with Crippen molar-refractivity contribution < 1.29 is 23.5 Å². The molecule has 2 aromatic heterocycles. The first-order valence-electron chi connectivity index (χ1n) is 10.6. The molecule has 2 aliphatic heterocycles. The quantitative estimate of drug-likeness (QED) is 0.509. The van der Waals surface area contributed by atoms with Crippen LogP contribution in [0.5, 0.6) is 0 Å². The molecular weight excluding hydrogens is 428 g/mol. The Kier molecular flexibility index (Phi) is 5.63. The molecule has 1 saturated heterocycles. The van der Waals surface area contributed by atoms with Crippen molar-refractivity contribution in [2.75, 3.05) is 13.2 Å². The Hall–Kier alpha value is -3.23. The average Bonchev–Trinajstić information content (AvgIpc) is 3.61. The third kappa shape index (κ3) is 3.99. The Bertz CT molecular complexity index is 1130. The number of thiophene rings is 1. The molecule has 1 atom stereocenters. The number of hydrogen-bond acceptors (Lipinski definition) is 6. The summed E-state index contributed by atoms with van der Waals surface area (Å²) in [6, 6.07) is 12.1. The first-order chi connectivity index (χ1) is 15.6. The summed E-state index contributed by atoms with van der Waals surface area (Å²) in [5.41, 5.74) is 0.946. The second kappa shape index (κ2) is 8.72. The van der Waals surface area contributed by atoms with Crippen molar-refractivity contribution in [3.8, 4) is 0 Å². The van der Waals surface area contributed by atoms with Crippen LogP contribution in [0.3, 0.4) is 0 Å². The first-order valence-corrected chi connectivity index (χ1v) is 11.4. The number of ether oxygens (including phenoxy) is 1. The molecule has 0 bridgehead atoms. The van der Waals surface area contributed by atoms with Crippen LogP contribution in [0.2, 0.25) is 0 Å². The molecule has 1 unspecified atom stereocenters. The summed E-state index contributed by atoms with van der Waals surface area (Å²) in [4.78, 5) is 43.1. The fraction of sp³-hybridized carbons (Fsp3) is 0.292. The number of amides is 3. The molecule has 1 aromatic carbocycles. The van der Waals surface area contributed by atoms with E-state index in [1.54, 1.807) is 40.5 Å². The molecule has 4 heterocycles. The lowest BCUT2D eigenvalue weighted by Gasteiger charge is -2.25. The van der Waals surface area contributed by atoms with E-state index >= 15 is 0 Å². The standard InChI is InChI=1S/C24H22N2O5S/c27-22(25(13-17-4-1-9-30-17)15-19-6-3-11-32-19)16-7-8-20-21(12-16)24(29)26(23(20)28)14-18-5-2-10-31-18/h2-3,5-8,10-12,17H,1,4,9,13-15H2. The summed E-state index contributed by atoms with van der Waals surface area (Å²) in [7, 11) is 0. The lowest BCUT2D eigenvalue weighted by molar-refractivity contribution is 0.0509. The maximum Gasteiger partial charge on any atom is 0.261 e. The van der Waals surface area contributed by atoms with Gasteiger partial charge in [-0.25, -0.2) is 0 Å². The van der Waals surface area contributed by atoms with Crippen molar-refractivity contribution in [3.05, 3.63) is 81.4 Å². The van der Waals surface area contributed by atoms with Gasteiger partial charge in [-0.05, 0) is 54.6 Å². The van der Waals surface area contributed by atoms with Gasteiger partial charge in [0.25, 0.3) is 17.7 Å². The second-order valence-electron chi connectivity index (χ2n) is 7.94. The summed E-state index contributed by atoms with van der Waals surface area (Å²) >= 11 is 1.60. The van der Waals surface area contributed by atoms with Crippen molar-refractivity contribution in [1.29, 1.82) is 0 Å². The van der Waals surface area contributed by atoms with E-state index in [0.29, 0.717) is 36.6 Å². The number of carbonyl (C=O) groups excluding carboxylic acids is 3. The predicted octanol–water partition coefficient (Wildman–Crippen LogP) is 3.96. The highest BCUT2D eigenvalue weighted by Crippen LogP contribution is 2.27. The van der Waals surface area contributed by atoms with Gasteiger partial charge in [0.2, 0.25) is 0 Å². The van der Waals surface area contributed by atoms with Crippen LogP contribution in [0.4, 0.5) is 0 Å². The maximum atomic E-state index is 13.4. The van der Waals surface area contributed by atoms with Gasteiger partial charge in [-0.2, -0.15) is 0 Å². The molecule has 3 amide bonds. The van der Waals surface area contributed by atoms with Crippen LogP contribution in [0, 0.1) is 0 Å². The molecule has 8 heteroatoms. The summed E-state index contributed by atoms with van der Waals surface area (Å²) in [6.07, 6.45) is 3.43. The molecule has 32 heavy (non-hydrogen) atoms. The highest BCUT2D eigenvalue weighted by molar-refractivity contribution is 7.09. The van der Waals surface area contributed by atoms with E-state index in [-0.39, 0.29) is 30.0 Å². The number of nitrogens with zero attached hydrogens (tertiary/aromatic N) is 2. The van der Waals surface area contributed by atoms with Crippen molar-refractivity contribution >= 4 is 29.1 Å². The first kappa shape index (κ1) is 20.7. The van der Waals surface area contributed by atoms with Crippen LogP contribution in [-0.4, -0.2) is 46.8 Å². The van der Waals surface area contributed by atoms with Crippen molar-refractivity contribution in [2.45, 2.75) is 32.0 Å². The van der Waals surface area contributed by atoms with Crippen LogP contribution >= 0.6 is 11.3 Å². The lowest BCUT2D eigenvalue weighted by Crippen LogP contribution is -2.36. The Morgan fingerprint density at radius 3 is 2.72 bits per heavy atom. The minimum atomic E-state index is -0.417. The van der Waals surface area contributed by atoms with Gasteiger partial charge >= 0.3 is 0 Å². The predicted molar refractivity (Wildman–Crippen MR) is 117 cm³/mol. The molecule has 3 aromatic rings.